The van der Waals surface area contributed by atoms with Gasteiger partial charge in [-0.25, -0.2) is 0 Å². The second-order valence-corrected chi connectivity index (χ2v) is 6.26. The molecule has 5 nitrogen and oxygen atoms in total. The van der Waals surface area contributed by atoms with E-state index in [1.54, 1.807) is 9.80 Å². The fourth-order valence-corrected chi connectivity index (χ4v) is 3.89. The van der Waals surface area contributed by atoms with Gasteiger partial charge in [0.25, 0.3) is 0 Å². The molecule has 112 valence electrons. The van der Waals surface area contributed by atoms with Crippen molar-refractivity contribution >= 4 is 11.8 Å². The van der Waals surface area contributed by atoms with E-state index in [4.69, 9.17) is 4.74 Å². The molecule has 0 saturated carbocycles. The molecule has 3 fully saturated rings. The van der Waals surface area contributed by atoms with Gasteiger partial charge in [-0.3, -0.25) is 9.59 Å². The fraction of sp³-hybridized carbons (Fsp3) is 0.867. The van der Waals surface area contributed by atoms with E-state index in [0.717, 1.165) is 45.3 Å². The van der Waals surface area contributed by atoms with Crippen molar-refractivity contribution in [1.82, 2.24) is 9.80 Å². The van der Waals surface area contributed by atoms with Crippen molar-refractivity contribution < 1.29 is 14.3 Å². The number of piperazine rings is 1. The predicted octanol–water partition coefficient (Wildman–Crippen LogP) is 1.17. The monoisotopic (exact) mass is 280 g/mol. The summed E-state index contributed by atoms with van der Waals surface area (Å²) in [4.78, 5) is 28.9. The zero-order chi connectivity index (χ0) is 14.3. The standard InChI is InChI=1S/C15H24N2O3/c1-10(13-7-5-9-20-13)17-11(2)14(18)16-8-4-3-6-12(16)15(17)19/h10-13H,3-9H2,1-2H3. The number of nitrogens with zero attached hydrogens (tertiary/aromatic N) is 2. The molecular formula is C15H24N2O3. The molecule has 0 spiro atoms. The van der Waals surface area contributed by atoms with Crippen molar-refractivity contribution in [2.24, 2.45) is 0 Å². The maximum absolute atomic E-state index is 12.8. The molecule has 0 aromatic carbocycles. The average molecular weight is 280 g/mol. The molecule has 0 aliphatic carbocycles. The normalized spacial score (nSPS) is 36.2. The molecule has 3 aliphatic rings. The first kappa shape index (κ1) is 13.9. The lowest BCUT2D eigenvalue weighted by atomic mass is 9.93. The van der Waals surface area contributed by atoms with Crippen molar-refractivity contribution in [2.45, 2.75) is 70.2 Å². The highest BCUT2D eigenvalue weighted by Crippen LogP contribution is 2.30. The van der Waals surface area contributed by atoms with Gasteiger partial charge in [-0.05, 0) is 46.0 Å². The van der Waals surface area contributed by atoms with Gasteiger partial charge >= 0.3 is 0 Å². The third-order valence-electron chi connectivity index (χ3n) is 5.04. The topological polar surface area (TPSA) is 49.9 Å². The van der Waals surface area contributed by atoms with Gasteiger partial charge in [0.05, 0.1) is 12.1 Å². The molecule has 20 heavy (non-hydrogen) atoms. The van der Waals surface area contributed by atoms with Crippen molar-refractivity contribution in [3.8, 4) is 0 Å². The van der Waals surface area contributed by atoms with Crippen LogP contribution in [0.15, 0.2) is 0 Å². The predicted molar refractivity (Wildman–Crippen MR) is 74.1 cm³/mol. The molecule has 4 unspecified atom stereocenters. The average Bonchev–Trinajstić information content (AvgIpc) is 2.99. The van der Waals surface area contributed by atoms with E-state index in [-0.39, 0.29) is 36.0 Å². The molecule has 0 aromatic rings. The number of hydrogen-bond acceptors (Lipinski definition) is 3. The van der Waals surface area contributed by atoms with Crippen LogP contribution in [0.2, 0.25) is 0 Å². The highest BCUT2D eigenvalue weighted by atomic mass is 16.5. The van der Waals surface area contributed by atoms with Gasteiger partial charge in [0.1, 0.15) is 12.1 Å². The summed E-state index contributed by atoms with van der Waals surface area (Å²) in [5.41, 5.74) is 0. The van der Waals surface area contributed by atoms with Crippen LogP contribution in [0.3, 0.4) is 0 Å². The molecule has 2 amide bonds. The van der Waals surface area contributed by atoms with Gasteiger partial charge in [0.15, 0.2) is 0 Å². The Kier molecular flexibility index (Phi) is 3.71. The number of rotatable bonds is 2. The van der Waals surface area contributed by atoms with E-state index >= 15 is 0 Å². The molecule has 3 rings (SSSR count). The van der Waals surface area contributed by atoms with Gasteiger partial charge in [0, 0.05) is 13.2 Å². The second-order valence-electron chi connectivity index (χ2n) is 6.26. The summed E-state index contributed by atoms with van der Waals surface area (Å²) in [6, 6.07) is -0.583. The zero-order valence-electron chi connectivity index (χ0n) is 12.4. The van der Waals surface area contributed by atoms with Gasteiger partial charge in [-0.1, -0.05) is 0 Å². The van der Waals surface area contributed by atoms with Crippen molar-refractivity contribution in [3.05, 3.63) is 0 Å². The molecule has 3 aliphatic heterocycles. The lowest BCUT2D eigenvalue weighted by Gasteiger charge is -2.48. The number of hydrogen-bond donors (Lipinski definition) is 0. The van der Waals surface area contributed by atoms with E-state index < -0.39 is 0 Å². The highest BCUT2D eigenvalue weighted by Gasteiger charge is 2.47. The number of ether oxygens (including phenoxy) is 1. The Hall–Kier alpha value is -1.10. The molecule has 4 atom stereocenters. The zero-order valence-corrected chi connectivity index (χ0v) is 12.4. The van der Waals surface area contributed by atoms with Gasteiger partial charge in [-0.15, -0.1) is 0 Å². The largest absolute Gasteiger partial charge is 0.376 e. The Bertz CT molecular complexity index is 406. The lowest BCUT2D eigenvalue weighted by molar-refractivity contribution is -0.167. The van der Waals surface area contributed by atoms with Crippen LogP contribution in [0, 0.1) is 0 Å². The first-order chi connectivity index (χ1) is 9.61. The SMILES string of the molecule is CC1C(=O)N2CCCCC2C(=O)N1C(C)C1CCCO1. The van der Waals surface area contributed by atoms with Crippen LogP contribution in [0.1, 0.15) is 46.0 Å². The smallest absolute Gasteiger partial charge is 0.246 e. The van der Waals surface area contributed by atoms with Crippen molar-refractivity contribution in [1.29, 1.82) is 0 Å². The van der Waals surface area contributed by atoms with E-state index in [9.17, 15) is 9.59 Å². The summed E-state index contributed by atoms with van der Waals surface area (Å²) in [6.45, 7) is 5.39. The Balaban J connectivity index is 1.82. The molecule has 0 bridgehead atoms. The first-order valence-electron chi connectivity index (χ1n) is 7.85. The van der Waals surface area contributed by atoms with E-state index in [0.29, 0.717) is 0 Å². The molecular weight excluding hydrogens is 256 g/mol. The molecule has 0 aromatic heterocycles. The Labute approximate surface area is 120 Å². The quantitative estimate of drug-likeness (QED) is 0.763. The Morgan fingerprint density at radius 3 is 2.65 bits per heavy atom. The van der Waals surface area contributed by atoms with E-state index in [1.165, 1.54) is 0 Å². The summed E-state index contributed by atoms with van der Waals surface area (Å²) < 4.78 is 5.72. The van der Waals surface area contributed by atoms with Crippen molar-refractivity contribution in [2.75, 3.05) is 13.2 Å². The number of carbonyl (C=O) groups excluding carboxylic acids is 2. The number of piperidine rings is 1. The summed E-state index contributed by atoms with van der Waals surface area (Å²) >= 11 is 0. The molecule has 3 heterocycles. The van der Waals surface area contributed by atoms with E-state index in [2.05, 4.69) is 0 Å². The van der Waals surface area contributed by atoms with Crippen LogP contribution in [-0.4, -0.2) is 59.0 Å². The second kappa shape index (κ2) is 5.35. The van der Waals surface area contributed by atoms with Gasteiger partial charge in [0.2, 0.25) is 11.8 Å². The molecule has 0 N–H and O–H groups in total. The van der Waals surface area contributed by atoms with Crippen LogP contribution < -0.4 is 0 Å². The minimum Gasteiger partial charge on any atom is -0.376 e. The van der Waals surface area contributed by atoms with E-state index in [1.807, 2.05) is 13.8 Å². The third kappa shape index (κ3) is 2.12. The van der Waals surface area contributed by atoms with Crippen LogP contribution >= 0.6 is 0 Å². The van der Waals surface area contributed by atoms with Crippen LogP contribution in [-0.2, 0) is 14.3 Å². The number of amides is 2. The highest BCUT2D eigenvalue weighted by molar-refractivity contribution is 5.97. The molecule has 5 heteroatoms. The lowest BCUT2D eigenvalue weighted by Crippen LogP contribution is -2.67. The minimum atomic E-state index is -0.351. The Morgan fingerprint density at radius 1 is 1.15 bits per heavy atom. The summed E-state index contributed by atoms with van der Waals surface area (Å²) in [7, 11) is 0. The summed E-state index contributed by atoms with van der Waals surface area (Å²) in [6.07, 6.45) is 4.99. The third-order valence-corrected chi connectivity index (χ3v) is 5.04. The fourth-order valence-electron chi connectivity index (χ4n) is 3.89. The number of fused-ring (bicyclic) bond motifs is 1. The van der Waals surface area contributed by atoms with Crippen LogP contribution in [0.4, 0.5) is 0 Å². The maximum atomic E-state index is 12.8. The minimum absolute atomic E-state index is 0.00646. The van der Waals surface area contributed by atoms with Gasteiger partial charge < -0.3 is 14.5 Å². The van der Waals surface area contributed by atoms with Crippen LogP contribution in [0.5, 0.6) is 0 Å². The van der Waals surface area contributed by atoms with Gasteiger partial charge in [-0.2, -0.15) is 0 Å². The van der Waals surface area contributed by atoms with Crippen LogP contribution in [0.25, 0.3) is 0 Å². The molecule has 0 radical (unpaired) electrons. The van der Waals surface area contributed by atoms with Crippen molar-refractivity contribution in [3.63, 3.8) is 0 Å². The summed E-state index contributed by atoms with van der Waals surface area (Å²) in [5, 5.41) is 0. The maximum Gasteiger partial charge on any atom is 0.246 e. The Morgan fingerprint density at radius 2 is 1.95 bits per heavy atom. The first-order valence-corrected chi connectivity index (χ1v) is 7.85. The number of carbonyl (C=O) groups is 2. The summed E-state index contributed by atoms with van der Waals surface area (Å²) in [5.74, 6) is 0.235. The molecule has 3 saturated heterocycles.